The Kier molecular flexibility index (Phi) is 3.03. The number of hydrogen-bond donors (Lipinski definition) is 2. The van der Waals surface area contributed by atoms with E-state index in [9.17, 15) is 4.79 Å². The van der Waals surface area contributed by atoms with Crippen molar-refractivity contribution >= 4 is 5.91 Å². The first-order chi connectivity index (χ1) is 6.78. The van der Waals surface area contributed by atoms with Crippen LogP contribution in [0, 0.1) is 11.8 Å². The van der Waals surface area contributed by atoms with E-state index in [-0.39, 0.29) is 5.91 Å². The number of nitrogens with two attached hydrogens (primary N) is 1. The summed E-state index contributed by atoms with van der Waals surface area (Å²) in [5.74, 6) is 1.42. The van der Waals surface area contributed by atoms with Crippen molar-refractivity contribution in [2.45, 2.75) is 12.8 Å². The predicted molar refractivity (Wildman–Crippen MR) is 54.7 cm³/mol. The summed E-state index contributed by atoms with van der Waals surface area (Å²) in [6, 6.07) is 0. The van der Waals surface area contributed by atoms with Crippen molar-refractivity contribution in [3.8, 4) is 0 Å². The fourth-order valence-corrected chi connectivity index (χ4v) is 2.43. The fourth-order valence-electron chi connectivity index (χ4n) is 2.43. The maximum absolute atomic E-state index is 11.0. The third-order valence-electron chi connectivity index (χ3n) is 3.28. The van der Waals surface area contributed by atoms with E-state index in [4.69, 9.17) is 5.73 Å². The van der Waals surface area contributed by atoms with Crippen LogP contribution in [0.2, 0.25) is 0 Å². The molecule has 0 aromatic carbocycles. The van der Waals surface area contributed by atoms with Gasteiger partial charge >= 0.3 is 0 Å². The molecule has 4 nitrogen and oxygen atoms in total. The zero-order valence-corrected chi connectivity index (χ0v) is 8.54. The molecule has 0 aromatic heterocycles. The molecule has 0 radical (unpaired) electrons. The Morgan fingerprint density at radius 2 is 2.36 bits per heavy atom. The predicted octanol–water partition coefficient (Wildman–Crippen LogP) is -0.597. The molecular formula is C10H19N3O. The van der Waals surface area contributed by atoms with Crippen molar-refractivity contribution in [3.05, 3.63) is 0 Å². The van der Waals surface area contributed by atoms with Gasteiger partial charge in [0.2, 0.25) is 5.91 Å². The van der Waals surface area contributed by atoms with E-state index in [2.05, 4.69) is 10.2 Å². The Balaban J connectivity index is 1.73. The molecule has 4 heteroatoms. The molecule has 2 aliphatic heterocycles. The summed E-state index contributed by atoms with van der Waals surface area (Å²) in [5, 5.41) is 2.88. The maximum Gasteiger partial charge on any atom is 0.220 e. The minimum Gasteiger partial charge on any atom is -0.356 e. The number of rotatable bonds is 3. The monoisotopic (exact) mass is 197 g/mol. The molecule has 0 saturated carbocycles. The van der Waals surface area contributed by atoms with Crippen molar-refractivity contribution in [2.75, 3.05) is 32.7 Å². The van der Waals surface area contributed by atoms with Crippen LogP contribution >= 0.6 is 0 Å². The first-order valence-corrected chi connectivity index (χ1v) is 5.47. The molecule has 2 unspecified atom stereocenters. The number of amides is 1. The van der Waals surface area contributed by atoms with Crippen molar-refractivity contribution in [3.63, 3.8) is 0 Å². The molecule has 3 N–H and O–H groups in total. The second-order valence-corrected chi connectivity index (χ2v) is 4.52. The van der Waals surface area contributed by atoms with Gasteiger partial charge in [-0.1, -0.05) is 0 Å². The average molecular weight is 197 g/mol. The van der Waals surface area contributed by atoms with Gasteiger partial charge in [0.15, 0.2) is 0 Å². The highest BCUT2D eigenvalue weighted by atomic mass is 16.1. The zero-order valence-electron chi connectivity index (χ0n) is 8.54. The molecule has 0 spiro atoms. The van der Waals surface area contributed by atoms with Crippen LogP contribution in [0.15, 0.2) is 0 Å². The lowest BCUT2D eigenvalue weighted by Gasteiger charge is -2.18. The van der Waals surface area contributed by atoms with Gasteiger partial charge in [-0.25, -0.2) is 0 Å². The van der Waals surface area contributed by atoms with E-state index in [0.29, 0.717) is 18.3 Å². The molecule has 0 aliphatic carbocycles. The van der Waals surface area contributed by atoms with Crippen molar-refractivity contribution < 1.29 is 4.79 Å². The topological polar surface area (TPSA) is 58.4 Å². The molecule has 2 fully saturated rings. The number of nitrogens with one attached hydrogen (secondary N) is 1. The Hall–Kier alpha value is -0.610. The van der Waals surface area contributed by atoms with Gasteiger partial charge in [-0.2, -0.15) is 0 Å². The molecule has 14 heavy (non-hydrogen) atoms. The lowest BCUT2D eigenvalue weighted by molar-refractivity contribution is -0.119. The highest BCUT2D eigenvalue weighted by Gasteiger charge is 2.27. The van der Waals surface area contributed by atoms with Crippen LogP contribution < -0.4 is 11.1 Å². The molecule has 2 heterocycles. The Morgan fingerprint density at radius 1 is 1.50 bits per heavy atom. The molecule has 2 aliphatic rings. The minimum absolute atomic E-state index is 0.213. The Labute approximate surface area is 84.8 Å². The molecule has 1 amide bonds. The standard InChI is InChI=1S/C10H19N3O/c11-4-8-1-2-13(6-8)7-9-3-10(14)12-5-9/h8-9H,1-7,11H2,(H,12,14). The lowest BCUT2D eigenvalue weighted by atomic mass is 10.1. The Bertz CT molecular complexity index is 219. The number of likely N-dealkylation sites (tertiary alicyclic amines) is 1. The van der Waals surface area contributed by atoms with Gasteiger partial charge in [-0.3, -0.25) is 4.79 Å². The number of carbonyl (C=O) groups excluding carboxylic acids is 1. The normalized spacial score (nSPS) is 33.6. The van der Waals surface area contributed by atoms with Gasteiger partial charge < -0.3 is 16.0 Å². The molecule has 2 rings (SSSR count). The van der Waals surface area contributed by atoms with Crippen molar-refractivity contribution in [1.29, 1.82) is 0 Å². The van der Waals surface area contributed by atoms with E-state index in [0.717, 1.165) is 32.7 Å². The van der Waals surface area contributed by atoms with Gasteiger partial charge in [-0.15, -0.1) is 0 Å². The smallest absolute Gasteiger partial charge is 0.220 e. The van der Waals surface area contributed by atoms with Gasteiger partial charge in [0, 0.05) is 26.1 Å². The molecule has 2 saturated heterocycles. The number of hydrogen-bond acceptors (Lipinski definition) is 3. The highest BCUT2D eigenvalue weighted by Crippen LogP contribution is 2.18. The van der Waals surface area contributed by atoms with Gasteiger partial charge in [-0.05, 0) is 31.3 Å². The third kappa shape index (κ3) is 2.25. The van der Waals surface area contributed by atoms with Gasteiger partial charge in [0.25, 0.3) is 0 Å². The molecule has 0 aromatic rings. The fraction of sp³-hybridized carbons (Fsp3) is 0.900. The highest BCUT2D eigenvalue weighted by molar-refractivity contribution is 5.78. The van der Waals surface area contributed by atoms with Crippen LogP contribution in [-0.2, 0) is 4.79 Å². The summed E-state index contributed by atoms with van der Waals surface area (Å²) >= 11 is 0. The van der Waals surface area contributed by atoms with Crippen molar-refractivity contribution in [1.82, 2.24) is 10.2 Å². The molecule has 2 atom stereocenters. The zero-order chi connectivity index (χ0) is 9.97. The van der Waals surface area contributed by atoms with Gasteiger partial charge in [0.1, 0.15) is 0 Å². The second kappa shape index (κ2) is 4.28. The quantitative estimate of drug-likeness (QED) is 0.635. The summed E-state index contributed by atoms with van der Waals surface area (Å²) in [6.45, 7) is 5.02. The van der Waals surface area contributed by atoms with E-state index in [1.807, 2.05) is 0 Å². The molecular weight excluding hydrogens is 178 g/mol. The van der Waals surface area contributed by atoms with E-state index in [1.54, 1.807) is 0 Å². The second-order valence-electron chi connectivity index (χ2n) is 4.52. The van der Waals surface area contributed by atoms with E-state index in [1.165, 1.54) is 6.42 Å². The van der Waals surface area contributed by atoms with Crippen LogP contribution in [0.25, 0.3) is 0 Å². The first-order valence-electron chi connectivity index (χ1n) is 5.47. The van der Waals surface area contributed by atoms with Crippen LogP contribution in [0.5, 0.6) is 0 Å². The SMILES string of the molecule is NCC1CCN(CC2CNC(=O)C2)C1. The van der Waals surface area contributed by atoms with Crippen LogP contribution in [0.3, 0.4) is 0 Å². The third-order valence-corrected chi connectivity index (χ3v) is 3.28. The summed E-state index contributed by atoms with van der Waals surface area (Å²) in [6.07, 6.45) is 1.94. The first kappa shape index (κ1) is 9.93. The molecule has 0 bridgehead atoms. The summed E-state index contributed by atoms with van der Waals surface area (Å²) in [5.41, 5.74) is 5.63. The van der Waals surface area contributed by atoms with Crippen LogP contribution in [0.4, 0.5) is 0 Å². The van der Waals surface area contributed by atoms with Crippen molar-refractivity contribution in [2.24, 2.45) is 17.6 Å². The average Bonchev–Trinajstić information content (AvgIpc) is 2.76. The van der Waals surface area contributed by atoms with Crippen LogP contribution in [0.1, 0.15) is 12.8 Å². The number of carbonyl (C=O) groups is 1. The van der Waals surface area contributed by atoms with Crippen LogP contribution in [-0.4, -0.2) is 43.5 Å². The largest absolute Gasteiger partial charge is 0.356 e. The summed E-state index contributed by atoms with van der Waals surface area (Å²) in [7, 11) is 0. The summed E-state index contributed by atoms with van der Waals surface area (Å²) < 4.78 is 0. The minimum atomic E-state index is 0.213. The van der Waals surface area contributed by atoms with Gasteiger partial charge in [0.05, 0.1) is 0 Å². The summed E-state index contributed by atoms with van der Waals surface area (Å²) in [4.78, 5) is 13.4. The maximum atomic E-state index is 11.0. The van der Waals surface area contributed by atoms with E-state index >= 15 is 0 Å². The molecule has 80 valence electrons. The van der Waals surface area contributed by atoms with E-state index < -0.39 is 0 Å². The number of nitrogens with zero attached hydrogens (tertiary/aromatic N) is 1. The Morgan fingerprint density at radius 3 is 2.93 bits per heavy atom. The lowest BCUT2D eigenvalue weighted by Crippen LogP contribution is -2.29.